The number of esters is 1. The van der Waals surface area contributed by atoms with Crippen LogP contribution in [0.1, 0.15) is 24.5 Å². The first-order valence-corrected chi connectivity index (χ1v) is 5.09. The van der Waals surface area contributed by atoms with Crippen LogP contribution >= 0.6 is 11.6 Å². The van der Waals surface area contributed by atoms with Gasteiger partial charge in [0, 0.05) is 12.3 Å². The molecule has 0 aliphatic carbocycles. The second kappa shape index (κ2) is 5.66. The van der Waals surface area contributed by atoms with Crippen molar-refractivity contribution in [3.05, 3.63) is 35.4 Å². The van der Waals surface area contributed by atoms with Crippen molar-refractivity contribution in [2.24, 2.45) is 0 Å². The maximum Gasteiger partial charge on any atom is 0.305 e. The number of hydrogen-bond donors (Lipinski definition) is 0. The number of rotatable bonds is 4. The van der Waals surface area contributed by atoms with Gasteiger partial charge in [-0.15, -0.1) is 11.6 Å². The topological polar surface area (TPSA) is 26.3 Å². The SMILES string of the molecule is CCC(=O)OCc1ccccc1CCl. The molecule has 0 N–H and O–H groups in total. The van der Waals surface area contributed by atoms with E-state index in [2.05, 4.69) is 0 Å². The maximum atomic E-state index is 10.9. The maximum absolute atomic E-state index is 10.9. The lowest BCUT2D eigenvalue weighted by molar-refractivity contribution is -0.144. The molecule has 0 heterocycles. The molecule has 0 spiro atoms. The molecule has 0 aromatic heterocycles. The molecule has 1 aromatic carbocycles. The molecule has 0 saturated heterocycles. The fourth-order valence-corrected chi connectivity index (χ4v) is 1.35. The molecule has 1 rings (SSSR count). The van der Waals surface area contributed by atoms with Crippen LogP contribution in [0, 0.1) is 0 Å². The highest BCUT2D eigenvalue weighted by molar-refractivity contribution is 6.17. The van der Waals surface area contributed by atoms with E-state index in [-0.39, 0.29) is 5.97 Å². The first kappa shape index (κ1) is 11.1. The van der Waals surface area contributed by atoms with E-state index in [1.54, 1.807) is 6.92 Å². The summed E-state index contributed by atoms with van der Waals surface area (Å²) in [6, 6.07) is 7.68. The summed E-state index contributed by atoms with van der Waals surface area (Å²) in [6.45, 7) is 2.09. The highest BCUT2D eigenvalue weighted by atomic mass is 35.5. The summed E-state index contributed by atoms with van der Waals surface area (Å²) in [5.74, 6) is 0.259. The van der Waals surface area contributed by atoms with E-state index < -0.39 is 0 Å². The second-order valence-corrected chi connectivity index (χ2v) is 3.18. The summed E-state index contributed by atoms with van der Waals surface area (Å²) in [5.41, 5.74) is 1.99. The Morgan fingerprint density at radius 1 is 1.36 bits per heavy atom. The van der Waals surface area contributed by atoms with Crippen LogP contribution in [0.15, 0.2) is 24.3 Å². The molecule has 0 radical (unpaired) electrons. The summed E-state index contributed by atoms with van der Waals surface area (Å²) in [6.07, 6.45) is 0.406. The minimum absolute atomic E-state index is 0.186. The summed E-state index contributed by atoms with van der Waals surface area (Å²) in [5, 5.41) is 0. The van der Waals surface area contributed by atoms with Gasteiger partial charge in [0.25, 0.3) is 0 Å². The number of ether oxygens (including phenoxy) is 1. The van der Waals surface area contributed by atoms with Gasteiger partial charge < -0.3 is 4.74 Å². The Labute approximate surface area is 88.8 Å². The van der Waals surface area contributed by atoms with Crippen LogP contribution in [0.4, 0.5) is 0 Å². The lowest BCUT2D eigenvalue weighted by Gasteiger charge is -2.07. The minimum atomic E-state index is -0.186. The molecule has 0 unspecified atom stereocenters. The smallest absolute Gasteiger partial charge is 0.305 e. The van der Waals surface area contributed by atoms with E-state index in [0.717, 1.165) is 11.1 Å². The Hall–Kier alpha value is -1.02. The minimum Gasteiger partial charge on any atom is -0.461 e. The van der Waals surface area contributed by atoms with Crippen molar-refractivity contribution in [1.82, 2.24) is 0 Å². The van der Waals surface area contributed by atoms with E-state index in [0.29, 0.717) is 18.9 Å². The third kappa shape index (κ3) is 3.04. The molecular weight excluding hydrogens is 200 g/mol. The summed E-state index contributed by atoms with van der Waals surface area (Å²) < 4.78 is 5.02. The molecule has 0 saturated carbocycles. The predicted octanol–water partition coefficient (Wildman–Crippen LogP) is 2.88. The Morgan fingerprint density at radius 3 is 2.57 bits per heavy atom. The standard InChI is InChI=1S/C11H13ClO2/c1-2-11(13)14-8-10-6-4-3-5-9(10)7-12/h3-6H,2,7-8H2,1H3. The van der Waals surface area contributed by atoms with E-state index in [9.17, 15) is 4.79 Å². The van der Waals surface area contributed by atoms with Crippen LogP contribution < -0.4 is 0 Å². The van der Waals surface area contributed by atoms with Crippen molar-refractivity contribution in [1.29, 1.82) is 0 Å². The summed E-state index contributed by atoms with van der Waals surface area (Å²) in [4.78, 5) is 10.9. The van der Waals surface area contributed by atoms with E-state index in [1.165, 1.54) is 0 Å². The summed E-state index contributed by atoms with van der Waals surface area (Å²) in [7, 11) is 0. The summed E-state index contributed by atoms with van der Waals surface area (Å²) >= 11 is 5.74. The molecule has 3 heteroatoms. The van der Waals surface area contributed by atoms with Crippen LogP contribution in [0.3, 0.4) is 0 Å². The molecule has 1 aromatic rings. The van der Waals surface area contributed by atoms with Crippen molar-refractivity contribution in [3.8, 4) is 0 Å². The van der Waals surface area contributed by atoms with Crippen molar-refractivity contribution >= 4 is 17.6 Å². The largest absolute Gasteiger partial charge is 0.461 e. The number of alkyl halides is 1. The number of carbonyl (C=O) groups excluding carboxylic acids is 1. The van der Waals surface area contributed by atoms with Gasteiger partial charge in [-0.05, 0) is 11.1 Å². The van der Waals surface area contributed by atoms with Crippen molar-refractivity contribution in [2.75, 3.05) is 0 Å². The van der Waals surface area contributed by atoms with E-state index in [1.807, 2.05) is 24.3 Å². The molecule has 0 fully saturated rings. The van der Waals surface area contributed by atoms with Crippen molar-refractivity contribution in [3.63, 3.8) is 0 Å². The molecule has 0 amide bonds. The van der Waals surface area contributed by atoms with Gasteiger partial charge >= 0.3 is 5.97 Å². The number of carbonyl (C=O) groups is 1. The Kier molecular flexibility index (Phi) is 4.47. The van der Waals surface area contributed by atoms with Crippen molar-refractivity contribution in [2.45, 2.75) is 25.8 Å². The van der Waals surface area contributed by atoms with Crippen LogP contribution in [0.25, 0.3) is 0 Å². The third-order valence-electron chi connectivity index (χ3n) is 1.94. The first-order valence-electron chi connectivity index (χ1n) is 4.56. The zero-order valence-corrected chi connectivity index (χ0v) is 8.88. The molecule has 0 aliphatic rings. The second-order valence-electron chi connectivity index (χ2n) is 2.92. The molecule has 14 heavy (non-hydrogen) atoms. The average Bonchev–Trinajstić information content (AvgIpc) is 2.26. The number of hydrogen-bond acceptors (Lipinski definition) is 2. The molecule has 0 bridgehead atoms. The van der Waals surface area contributed by atoms with Gasteiger partial charge in [0.15, 0.2) is 0 Å². The van der Waals surface area contributed by atoms with E-state index >= 15 is 0 Å². The van der Waals surface area contributed by atoms with Crippen LogP contribution in [0.5, 0.6) is 0 Å². The zero-order valence-electron chi connectivity index (χ0n) is 8.13. The Morgan fingerprint density at radius 2 is 2.00 bits per heavy atom. The van der Waals surface area contributed by atoms with Gasteiger partial charge in [0.05, 0.1) is 0 Å². The van der Waals surface area contributed by atoms with Gasteiger partial charge in [0.1, 0.15) is 6.61 Å². The Bertz CT molecular complexity index is 310. The normalized spacial score (nSPS) is 9.86. The zero-order chi connectivity index (χ0) is 10.4. The lowest BCUT2D eigenvalue weighted by atomic mass is 10.1. The first-order chi connectivity index (χ1) is 6.77. The molecular formula is C11H13ClO2. The number of halogens is 1. The van der Waals surface area contributed by atoms with Gasteiger partial charge in [-0.1, -0.05) is 31.2 Å². The molecule has 76 valence electrons. The van der Waals surface area contributed by atoms with Gasteiger partial charge in [-0.3, -0.25) is 4.79 Å². The molecule has 0 atom stereocenters. The molecule has 2 nitrogen and oxygen atoms in total. The van der Waals surface area contributed by atoms with Crippen molar-refractivity contribution < 1.29 is 9.53 Å². The predicted molar refractivity (Wildman–Crippen MR) is 56.1 cm³/mol. The monoisotopic (exact) mass is 212 g/mol. The fraction of sp³-hybridized carbons (Fsp3) is 0.364. The van der Waals surface area contributed by atoms with E-state index in [4.69, 9.17) is 16.3 Å². The van der Waals surface area contributed by atoms with Gasteiger partial charge in [0.2, 0.25) is 0 Å². The third-order valence-corrected chi connectivity index (χ3v) is 2.23. The Balaban J connectivity index is 2.61. The van der Waals surface area contributed by atoms with Crippen LogP contribution in [0.2, 0.25) is 0 Å². The fourth-order valence-electron chi connectivity index (χ4n) is 1.09. The van der Waals surface area contributed by atoms with Gasteiger partial charge in [-0.2, -0.15) is 0 Å². The molecule has 0 aliphatic heterocycles. The highest BCUT2D eigenvalue weighted by Gasteiger charge is 2.03. The lowest BCUT2D eigenvalue weighted by Crippen LogP contribution is -2.03. The quantitative estimate of drug-likeness (QED) is 0.567. The highest BCUT2D eigenvalue weighted by Crippen LogP contribution is 2.12. The number of benzene rings is 1. The van der Waals surface area contributed by atoms with Gasteiger partial charge in [-0.25, -0.2) is 0 Å². The average molecular weight is 213 g/mol. The van der Waals surface area contributed by atoms with Crippen LogP contribution in [-0.4, -0.2) is 5.97 Å². The van der Waals surface area contributed by atoms with Crippen LogP contribution in [-0.2, 0) is 22.0 Å².